The van der Waals surface area contributed by atoms with E-state index in [1.807, 2.05) is 0 Å². The van der Waals surface area contributed by atoms with Crippen molar-refractivity contribution in [3.63, 3.8) is 0 Å². The highest BCUT2D eigenvalue weighted by Gasteiger charge is 2.08. The van der Waals surface area contributed by atoms with Crippen LogP contribution in [-0.2, 0) is 14.3 Å². The summed E-state index contributed by atoms with van der Waals surface area (Å²) in [6.45, 7) is 2.16. The Balaban J connectivity index is 3.28. The van der Waals surface area contributed by atoms with E-state index in [4.69, 9.17) is 0 Å². The van der Waals surface area contributed by atoms with E-state index in [1.54, 1.807) is 0 Å². The number of esters is 1. The molecule has 4 heteroatoms. The van der Waals surface area contributed by atoms with Crippen LogP contribution in [0.2, 0.25) is 0 Å². The number of carbonyl (C=O) groups is 2. The van der Waals surface area contributed by atoms with Crippen LogP contribution in [0.4, 0.5) is 4.79 Å². The molecular formula is C11H20O4. The molecule has 0 N–H and O–H groups in total. The van der Waals surface area contributed by atoms with E-state index < -0.39 is 12.1 Å². The average molecular weight is 216 g/mol. The summed E-state index contributed by atoms with van der Waals surface area (Å²) in [6.07, 6.45) is 5.96. The first-order valence-corrected chi connectivity index (χ1v) is 5.49. The molecule has 15 heavy (non-hydrogen) atoms. The van der Waals surface area contributed by atoms with Gasteiger partial charge in [-0.3, -0.25) is 4.79 Å². The minimum Gasteiger partial charge on any atom is -0.437 e. The van der Waals surface area contributed by atoms with E-state index in [2.05, 4.69) is 16.4 Å². The van der Waals surface area contributed by atoms with E-state index in [0.717, 1.165) is 19.3 Å². The third-order valence-corrected chi connectivity index (χ3v) is 2.10. The molecule has 0 atom stereocenters. The summed E-state index contributed by atoms with van der Waals surface area (Å²) in [7, 11) is 1.18. The van der Waals surface area contributed by atoms with Crippen LogP contribution >= 0.6 is 0 Å². The van der Waals surface area contributed by atoms with Gasteiger partial charge in [-0.1, -0.05) is 39.0 Å². The van der Waals surface area contributed by atoms with Gasteiger partial charge in [-0.15, -0.1) is 0 Å². The van der Waals surface area contributed by atoms with Crippen LogP contribution in [0, 0.1) is 0 Å². The van der Waals surface area contributed by atoms with Crippen molar-refractivity contribution in [1.82, 2.24) is 0 Å². The zero-order chi connectivity index (χ0) is 11.5. The molecule has 0 aromatic rings. The van der Waals surface area contributed by atoms with Gasteiger partial charge in [-0.25, -0.2) is 4.79 Å². The van der Waals surface area contributed by atoms with E-state index in [0.29, 0.717) is 6.42 Å². The lowest BCUT2D eigenvalue weighted by molar-refractivity contribution is -0.139. The van der Waals surface area contributed by atoms with Crippen molar-refractivity contribution in [3.8, 4) is 0 Å². The molecule has 0 aliphatic rings. The van der Waals surface area contributed by atoms with Crippen LogP contribution in [-0.4, -0.2) is 19.2 Å². The second-order valence-electron chi connectivity index (χ2n) is 3.45. The van der Waals surface area contributed by atoms with Crippen molar-refractivity contribution < 1.29 is 19.1 Å². The molecule has 0 aliphatic carbocycles. The van der Waals surface area contributed by atoms with E-state index in [1.165, 1.54) is 26.4 Å². The second kappa shape index (κ2) is 9.49. The quantitative estimate of drug-likeness (QED) is 0.373. The molecule has 0 aliphatic heterocycles. The predicted octanol–water partition coefficient (Wildman–Crippen LogP) is 3.05. The summed E-state index contributed by atoms with van der Waals surface area (Å²) in [4.78, 5) is 21.5. The topological polar surface area (TPSA) is 52.6 Å². The van der Waals surface area contributed by atoms with Crippen molar-refractivity contribution >= 4 is 12.1 Å². The zero-order valence-electron chi connectivity index (χ0n) is 9.58. The van der Waals surface area contributed by atoms with Gasteiger partial charge in [0.15, 0.2) is 0 Å². The van der Waals surface area contributed by atoms with Crippen LogP contribution in [0.1, 0.15) is 51.9 Å². The average Bonchev–Trinajstić information content (AvgIpc) is 2.23. The Morgan fingerprint density at radius 3 is 2.20 bits per heavy atom. The SMILES string of the molecule is CCCCCCCCC(=O)OC(=O)OC. The molecule has 0 rings (SSSR count). The van der Waals surface area contributed by atoms with Gasteiger partial charge in [-0.2, -0.15) is 0 Å². The third kappa shape index (κ3) is 9.25. The van der Waals surface area contributed by atoms with Gasteiger partial charge < -0.3 is 9.47 Å². The number of carbonyl (C=O) groups excluding carboxylic acids is 2. The normalized spacial score (nSPS) is 9.73. The number of ether oxygens (including phenoxy) is 2. The Hall–Kier alpha value is -1.06. The first-order chi connectivity index (χ1) is 7.20. The predicted molar refractivity (Wildman–Crippen MR) is 56.5 cm³/mol. The van der Waals surface area contributed by atoms with Gasteiger partial charge in [0.2, 0.25) is 0 Å². The van der Waals surface area contributed by atoms with Gasteiger partial charge in [0.25, 0.3) is 0 Å². The fraction of sp³-hybridized carbons (Fsp3) is 0.818. The standard InChI is InChI=1S/C11H20O4/c1-3-4-5-6-7-8-9-10(12)15-11(13)14-2/h3-9H2,1-2H3. The molecule has 4 nitrogen and oxygen atoms in total. The van der Waals surface area contributed by atoms with Gasteiger partial charge in [0.1, 0.15) is 0 Å². The van der Waals surface area contributed by atoms with Crippen molar-refractivity contribution in [3.05, 3.63) is 0 Å². The first kappa shape index (κ1) is 13.9. The van der Waals surface area contributed by atoms with Crippen molar-refractivity contribution in [2.75, 3.05) is 7.11 Å². The molecule has 0 aromatic carbocycles. The first-order valence-electron chi connectivity index (χ1n) is 5.49. The molecule has 0 saturated carbocycles. The maximum atomic E-state index is 11.0. The number of methoxy groups -OCH3 is 1. The van der Waals surface area contributed by atoms with Crippen LogP contribution in [0.15, 0.2) is 0 Å². The lowest BCUT2D eigenvalue weighted by atomic mass is 10.1. The molecule has 0 amide bonds. The molecule has 0 unspecified atom stereocenters. The molecule has 0 bridgehead atoms. The maximum Gasteiger partial charge on any atom is 0.515 e. The lowest BCUT2D eigenvalue weighted by Gasteiger charge is -2.01. The Kier molecular flexibility index (Phi) is 8.82. The summed E-state index contributed by atoms with van der Waals surface area (Å²) in [5, 5.41) is 0. The number of hydrogen-bond donors (Lipinski definition) is 0. The summed E-state index contributed by atoms with van der Waals surface area (Å²) in [5.41, 5.74) is 0. The van der Waals surface area contributed by atoms with Crippen LogP contribution in [0.3, 0.4) is 0 Å². The number of hydrogen-bond acceptors (Lipinski definition) is 4. The van der Waals surface area contributed by atoms with Gasteiger partial charge in [-0.05, 0) is 6.42 Å². The smallest absolute Gasteiger partial charge is 0.437 e. The van der Waals surface area contributed by atoms with Crippen LogP contribution in [0.5, 0.6) is 0 Å². The molecule has 0 aromatic heterocycles. The fourth-order valence-corrected chi connectivity index (χ4v) is 1.24. The molecular weight excluding hydrogens is 196 g/mol. The van der Waals surface area contributed by atoms with Gasteiger partial charge in [0, 0.05) is 6.42 Å². The minimum absolute atomic E-state index is 0.293. The maximum absolute atomic E-state index is 11.0. The molecule has 0 spiro atoms. The van der Waals surface area contributed by atoms with Crippen molar-refractivity contribution in [1.29, 1.82) is 0 Å². The van der Waals surface area contributed by atoms with Crippen molar-refractivity contribution in [2.45, 2.75) is 51.9 Å². The van der Waals surface area contributed by atoms with Gasteiger partial charge in [0.05, 0.1) is 7.11 Å². The van der Waals surface area contributed by atoms with Gasteiger partial charge >= 0.3 is 12.1 Å². The minimum atomic E-state index is -0.925. The Labute approximate surface area is 90.9 Å². The number of unbranched alkanes of at least 4 members (excludes halogenated alkanes) is 5. The third-order valence-electron chi connectivity index (χ3n) is 2.10. The Bertz CT molecular complexity index is 189. The fourth-order valence-electron chi connectivity index (χ4n) is 1.24. The molecule has 88 valence electrons. The zero-order valence-corrected chi connectivity index (χ0v) is 9.58. The van der Waals surface area contributed by atoms with E-state index in [9.17, 15) is 9.59 Å². The summed E-state index contributed by atoms with van der Waals surface area (Å²) >= 11 is 0. The highest BCUT2D eigenvalue weighted by Crippen LogP contribution is 2.07. The highest BCUT2D eigenvalue weighted by molar-refractivity contribution is 5.81. The van der Waals surface area contributed by atoms with Crippen LogP contribution < -0.4 is 0 Å². The summed E-state index contributed by atoms with van der Waals surface area (Å²) in [5.74, 6) is -0.502. The summed E-state index contributed by atoms with van der Waals surface area (Å²) < 4.78 is 8.53. The molecule has 0 saturated heterocycles. The highest BCUT2D eigenvalue weighted by atomic mass is 16.7. The largest absolute Gasteiger partial charge is 0.515 e. The molecule has 0 radical (unpaired) electrons. The lowest BCUT2D eigenvalue weighted by Crippen LogP contribution is -2.11. The van der Waals surface area contributed by atoms with E-state index >= 15 is 0 Å². The van der Waals surface area contributed by atoms with Crippen molar-refractivity contribution in [2.24, 2.45) is 0 Å². The number of rotatable bonds is 7. The van der Waals surface area contributed by atoms with E-state index in [-0.39, 0.29) is 0 Å². The Morgan fingerprint density at radius 2 is 1.60 bits per heavy atom. The Morgan fingerprint density at radius 1 is 1.00 bits per heavy atom. The molecule has 0 heterocycles. The van der Waals surface area contributed by atoms with Crippen LogP contribution in [0.25, 0.3) is 0 Å². The second-order valence-corrected chi connectivity index (χ2v) is 3.45. The molecule has 0 fully saturated rings. The summed E-state index contributed by atoms with van der Waals surface area (Å²) in [6, 6.07) is 0. The monoisotopic (exact) mass is 216 g/mol.